The Labute approximate surface area is 210 Å². The Balaban J connectivity index is 1.19. The van der Waals surface area contributed by atoms with Gasteiger partial charge < -0.3 is 4.90 Å². The molecule has 10 heteroatoms. The second-order valence-corrected chi connectivity index (χ2v) is 10.4. The second kappa shape index (κ2) is 10.3. The van der Waals surface area contributed by atoms with Gasteiger partial charge in [0.2, 0.25) is 10.9 Å². The number of halogens is 1. The number of amides is 1. The summed E-state index contributed by atoms with van der Waals surface area (Å²) in [6, 6.07) is 16.0. The number of carbonyl (C=O) groups excluding carboxylic acids is 1. The number of piperazine rings is 1. The van der Waals surface area contributed by atoms with Gasteiger partial charge in [0.1, 0.15) is 5.82 Å². The Morgan fingerprint density at radius 3 is 2.57 bits per heavy atom. The van der Waals surface area contributed by atoms with Crippen LogP contribution in [0.15, 0.2) is 64.3 Å². The van der Waals surface area contributed by atoms with Crippen molar-refractivity contribution in [2.45, 2.75) is 18.4 Å². The predicted molar refractivity (Wildman–Crippen MR) is 136 cm³/mol. The van der Waals surface area contributed by atoms with Crippen molar-refractivity contribution in [1.29, 1.82) is 0 Å². The van der Waals surface area contributed by atoms with Gasteiger partial charge in [0, 0.05) is 49.2 Å². The first kappa shape index (κ1) is 23.7. The van der Waals surface area contributed by atoms with Crippen LogP contribution in [0.5, 0.6) is 0 Å². The van der Waals surface area contributed by atoms with Crippen LogP contribution in [-0.2, 0) is 11.3 Å². The Morgan fingerprint density at radius 1 is 1.09 bits per heavy atom. The van der Waals surface area contributed by atoms with Crippen LogP contribution in [-0.4, -0.2) is 62.2 Å². The lowest BCUT2D eigenvalue weighted by molar-refractivity contribution is -0.130. The highest BCUT2D eigenvalue weighted by atomic mass is 32.2. The zero-order valence-electron chi connectivity index (χ0n) is 19.2. The minimum atomic E-state index is -0.385. The van der Waals surface area contributed by atoms with Gasteiger partial charge >= 0.3 is 0 Å². The number of hydrogen-bond acceptors (Lipinski definition) is 7. The van der Waals surface area contributed by atoms with Crippen LogP contribution in [0.4, 0.5) is 4.39 Å². The van der Waals surface area contributed by atoms with Crippen LogP contribution in [0.25, 0.3) is 15.5 Å². The van der Waals surface area contributed by atoms with E-state index in [0.717, 1.165) is 4.90 Å². The lowest BCUT2D eigenvalue weighted by atomic mass is 10.2. The first-order chi connectivity index (χ1) is 17.0. The molecule has 1 amide bonds. The molecule has 0 atom stereocenters. The lowest BCUT2D eigenvalue weighted by Crippen LogP contribution is -2.49. The number of hydrogen-bond donors (Lipinski definition) is 0. The SMILES string of the molecule is Cc1ccc(SCC(=O)N2CCN(Cc3cc(=O)n4nc(-c5ccccc5F)sc4n3)CC2)cc1. The molecule has 35 heavy (non-hydrogen) atoms. The highest BCUT2D eigenvalue weighted by Crippen LogP contribution is 2.26. The van der Waals surface area contributed by atoms with Crippen molar-refractivity contribution in [2.75, 3.05) is 31.9 Å². The normalized spacial score (nSPS) is 14.5. The fourth-order valence-electron chi connectivity index (χ4n) is 3.94. The average molecular weight is 510 g/mol. The van der Waals surface area contributed by atoms with Crippen molar-refractivity contribution >= 4 is 34.0 Å². The number of thioether (sulfide) groups is 1. The molecule has 0 bridgehead atoms. The van der Waals surface area contributed by atoms with Crippen molar-refractivity contribution in [2.24, 2.45) is 0 Å². The van der Waals surface area contributed by atoms with E-state index >= 15 is 0 Å². The molecule has 0 unspecified atom stereocenters. The molecule has 7 nitrogen and oxygen atoms in total. The molecule has 1 saturated heterocycles. The van der Waals surface area contributed by atoms with Gasteiger partial charge in [0.25, 0.3) is 5.56 Å². The Bertz CT molecular complexity index is 1410. The van der Waals surface area contributed by atoms with Crippen LogP contribution in [0.3, 0.4) is 0 Å². The fraction of sp³-hybridized carbons (Fsp3) is 0.280. The molecule has 180 valence electrons. The van der Waals surface area contributed by atoms with E-state index in [2.05, 4.69) is 27.1 Å². The summed E-state index contributed by atoms with van der Waals surface area (Å²) < 4.78 is 15.4. The van der Waals surface area contributed by atoms with E-state index < -0.39 is 0 Å². The summed E-state index contributed by atoms with van der Waals surface area (Å²) in [6.07, 6.45) is 0. The number of benzene rings is 2. The highest BCUT2D eigenvalue weighted by Gasteiger charge is 2.22. The maximum absolute atomic E-state index is 14.2. The van der Waals surface area contributed by atoms with E-state index in [9.17, 15) is 14.0 Å². The Morgan fingerprint density at radius 2 is 1.83 bits per heavy atom. The van der Waals surface area contributed by atoms with Crippen LogP contribution in [0.1, 0.15) is 11.3 Å². The van der Waals surface area contributed by atoms with Crippen molar-refractivity contribution in [3.8, 4) is 10.6 Å². The molecule has 0 spiro atoms. The van der Waals surface area contributed by atoms with Crippen LogP contribution < -0.4 is 5.56 Å². The summed E-state index contributed by atoms with van der Waals surface area (Å²) in [5.74, 6) is 0.177. The van der Waals surface area contributed by atoms with Gasteiger partial charge in [-0.2, -0.15) is 9.61 Å². The third-order valence-electron chi connectivity index (χ3n) is 5.90. The molecule has 0 saturated carbocycles. The standard InChI is InChI=1S/C25H24FN5O2S2/c1-17-6-8-19(9-7-17)34-16-23(33)30-12-10-29(11-13-30)15-18-14-22(32)31-25(27-18)35-24(28-31)20-4-2-3-5-21(20)26/h2-9,14H,10-13,15-16H2,1H3. The molecule has 2 aromatic heterocycles. The zero-order valence-corrected chi connectivity index (χ0v) is 20.8. The van der Waals surface area contributed by atoms with Gasteiger partial charge in [-0.05, 0) is 31.2 Å². The van der Waals surface area contributed by atoms with Gasteiger partial charge in [-0.3, -0.25) is 14.5 Å². The average Bonchev–Trinajstić information content (AvgIpc) is 3.29. The number of aryl methyl sites for hydroxylation is 1. The molecule has 0 N–H and O–H groups in total. The smallest absolute Gasteiger partial charge is 0.275 e. The monoisotopic (exact) mass is 509 g/mol. The maximum atomic E-state index is 14.2. The number of rotatable bonds is 6. The molecule has 3 heterocycles. The van der Waals surface area contributed by atoms with Gasteiger partial charge in [0.05, 0.1) is 11.4 Å². The number of aromatic nitrogens is 3. The number of nitrogens with zero attached hydrogens (tertiary/aromatic N) is 5. The van der Waals surface area contributed by atoms with E-state index in [1.807, 2.05) is 24.0 Å². The predicted octanol–water partition coefficient (Wildman–Crippen LogP) is 3.70. The zero-order chi connectivity index (χ0) is 24.4. The molecule has 5 rings (SSSR count). The van der Waals surface area contributed by atoms with E-state index in [0.29, 0.717) is 59.7 Å². The molecular formula is C25H24FN5O2S2. The highest BCUT2D eigenvalue weighted by molar-refractivity contribution is 8.00. The maximum Gasteiger partial charge on any atom is 0.275 e. The Kier molecular flexibility index (Phi) is 6.94. The summed E-state index contributed by atoms with van der Waals surface area (Å²) >= 11 is 2.75. The second-order valence-electron chi connectivity index (χ2n) is 8.43. The van der Waals surface area contributed by atoms with E-state index in [4.69, 9.17) is 0 Å². The molecule has 0 radical (unpaired) electrons. The number of carbonyl (C=O) groups is 1. The summed E-state index contributed by atoms with van der Waals surface area (Å²) in [6.45, 7) is 5.28. The molecule has 0 aliphatic carbocycles. The molecule has 4 aromatic rings. The van der Waals surface area contributed by atoms with Gasteiger partial charge in [0.15, 0.2) is 5.01 Å². The topological polar surface area (TPSA) is 70.8 Å². The van der Waals surface area contributed by atoms with Crippen LogP contribution >= 0.6 is 23.1 Å². The molecule has 1 aliphatic heterocycles. The molecule has 2 aromatic carbocycles. The Hall–Kier alpha value is -3.08. The summed E-state index contributed by atoms with van der Waals surface area (Å²) in [7, 11) is 0. The molecule has 1 fully saturated rings. The lowest BCUT2D eigenvalue weighted by Gasteiger charge is -2.34. The summed E-state index contributed by atoms with van der Waals surface area (Å²) in [4.78, 5) is 35.5. The summed E-state index contributed by atoms with van der Waals surface area (Å²) in [5, 5.41) is 4.68. The molecular weight excluding hydrogens is 485 g/mol. The number of fused-ring (bicyclic) bond motifs is 1. The van der Waals surface area contributed by atoms with Crippen LogP contribution in [0.2, 0.25) is 0 Å². The minimum absolute atomic E-state index is 0.137. The van der Waals surface area contributed by atoms with E-state index in [1.165, 1.54) is 33.5 Å². The summed E-state index contributed by atoms with van der Waals surface area (Å²) in [5.41, 5.74) is 1.92. The quantitative estimate of drug-likeness (QED) is 0.369. The largest absolute Gasteiger partial charge is 0.339 e. The first-order valence-electron chi connectivity index (χ1n) is 11.3. The van der Waals surface area contributed by atoms with Crippen molar-refractivity contribution in [3.05, 3.63) is 82.0 Å². The van der Waals surface area contributed by atoms with Crippen LogP contribution in [0, 0.1) is 12.7 Å². The fourth-order valence-corrected chi connectivity index (χ4v) is 5.69. The van der Waals surface area contributed by atoms with Gasteiger partial charge in [-0.15, -0.1) is 11.8 Å². The molecule has 1 aliphatic rings. The van der Waals surface area contributed by atoms with Crippen molar-refractivity contribution in [3.63, 3.8) is 0 Å². The van der Waals surface area contributed by atoms with Crippen molar-refractivity contribution in [1.82, 2.24) is 24.4 Å². The van der Waals surface area contributed by atoms with Gasteiger partial charge in [-0.1, -0.05) is 41.2 Å². The first-order valence-corrected chi connectivity index (χ1v) is 13.1. The van der Waals surface area contributed by atoms with E-state index in [-0.39, 0.29) is 17.3 Å². The van der Waals surface area contributed by atoms with Gasteiger partial charge in [-0.25, -0.2) is 9.37 Å². The van der Waals surface area contributed by atoms with Crippen molar-refractivity contribution < 1.29 is 9.18 Å². The van der Waals surface area contributed by atoms with E-state index in [1.54, 1.807) is 30.0 Å². The minimum Gasteiger partial charge on any atom is -0.339 e. The third-order valence-corrected chi connectivity index (χ3v) is 7.83. The third kappa shape index (κ3) is 5.44.